The highest BCUT2D eigenvalue weighted by atomic mass is 35.5. The zero-order chi connectivity index (χ0) is 10.3. The first-order valence-electron chi connectivity index (χ1n) is 4.25. The molecule has 0 unspecified atom stereocenters. The van der Waals surface area contributed by atoms with Gasteiger partial charge in [-0.1, -0.05) is 11.6 Å². The van der Waals surface area contributed by atoms with E-state index >= 15 is 0 Å². The van der Waals surface area contributed by atoms with Crippen molar-refractivity contribution in [3.63, 3.8) is 0 Å². The van der Waals surface area contributed by atoms with Gasteiger partial charge in [-0.3, -0.25) is 4.79 Å². The summed E-state index contributed by atoms with van der Waals surface area (Å²) >= 11 is 5.91. The van der Waals surface area contributed by atoms with E-state index < -0.39 is 0 Å². The van der Waals surface area contributed by atoms with Crippen molar-refractivity contribution in [3.05, 3.63) is 38.9 Å². The van der Waals surface area contributed by atoms with Crippen LogP contribution in [0.4, 0.5) is 0 Å². The highest BCUT2D eigenvalue weighted by molar-refractivity contribution is 6.33. The van der Waals surface area contributed by atoms with Gasteiger partial charge in [-0.15, -0.1) is 0 Å². The van der Waals surface area contributed by atoms with Gasteiger partial charge in [-0.25, -0.2) is 4.98 Å². The molecule has 0 bridgehead atoms. The molecule has 3 nitrogen and oxygen atoms in total. The van der Waals surface area contributed by atoms with Crippen LogP contribution in [0, 0.1) is 13.8 Å². The van der Waals surface area contributed by atoms with Crippen molar-refractivity contribution >= 4 is 22.5 Å². The van der Waals surface area contributed by atoms with Crippen molar-refractivity contribution in [2.24, 2.45) is 0 Å². The number of fused-ring (bicyclic) bond motifs is 1. The highest BCUT2D eigenvalue weighted by Gasteiger charge is 2.06. The molecule has 0 saturated heterocycles. The number of nitrogens with zero attached hydrogens (tertiary/aromatic N) is 1. The minimum Gasteiger partial charge on any atom is -0.358 e. The molecule has 4 heteroatoms. The fraction of sp³-hybridized carbons (Fsp3) is 0.200. The van der Waals surface area contributed by atoms with Gasteiger partial charge in [0, 0.05) is 17.5 Å². The molecule has 2 rings (SSSR count). The molecular formula is C10H9ClN2O. The van der Waals surface area contributed by atoms with Crippen LogP contribution >= 0.6 is 11.6 Å². The van der Waals surface area contributed by atoms with Crippen LogP contribution in [0.5, 0.6) is 0 Å². The Morgan fingerprint density at radius 2 is 2.14 bits per heavy atom. The Morgan fingerprint density at radius 3 is 2.86 bits per heavy atom. The molecule has 0 saturated carbocycles. The number of H-pyrrole nitrogens is 1. The second-order valence-corrected chi connectivity index (χ2v) is 3.64. The topological polar surface area (TPSA) is 45.8 Å². The number of hydrogen-bond acceptors (Lipinski definition) is 2. The van der Waals surface area contributed by atoms with Crippen molar-refractivity contribution < 1.29 is 0 Å². The van der Waals surface area contributed by atoms with Gasteiger partial charge in [0.25, 0.3) is 0 Å². The molecule has 0 aliphatic carbocycles. The summed E-state index contributed by atoms with van der Waals surface area (Å²) in [5.74, 6) is 0. The predicted octanol–water partition coefficient (Wildman–Crippen LogP) is 2.19. The molecule has 14 heavy (non-hydrogen) atoms. The van der Waals surface area contributed by atoms with Crippen LogP contribution in [0.15, 0.2) is 17.1 Å². The Hall–Kier alpha value is -1.35. The van der Waals surface area contributed by atoms with E-state index in [-0.39, 0.29) is 5.43 Å². The Balaban J connectivity index is 3.03. The number of aromatic nitrogens is 2. The first kappa shape index (κ1) is 9.21. The lowest BCUT2D eigenvalue weighted by molar-refractivity contribution is 1.19. The number of rotatable bonds is 0. The summed E-state index contributed by atoms with van der Waals surface area (Å²) in [6.07, 6.45) is 1.65. The molecule has 0 atom stereocenters. The van der Waals surface area contributed by atoms with Crippen LogP contribution in [0.2, 0.25) is 5.15 Å². The van der Waals surface area contributed by atoms with Crippen molar-refractivity contribution in [1.29, 1.82) is 0 Å². The van der Waals surface area contributed by atoms with Crippen LogP contribution < -0.4 is 5.43 Å². The second kappa shape index (κ2) is 3.10. The summed E-state index contributed by atoms with van der Waals surface area (Å²) in [6.45, 7) is 3.58. The maximum Gasteiger partial charge on any atom is 0.192 e. The summed E-state index contributed by atoms with van der Waals surface area (Å²) in [5.41, 5.74) is 2.04. The molecule has 0 aromatic carbocycles. The Bertz CT molecular complexity index is 560. The van der Waals surface area contributed by atoms with E-state index in [2.05, 4.69) is 9.97 Å². The van der Waals surface area contributed by atoms with Crippen molar-refractivity contribution in [2.45, 2.75) is 13.8 Å². The van der Waals surface area contributed by atoms with Crippen LogP contribution in [-0.2, 0) is 0 Å². The minimum atomic E-state index is 0.00569. The Labute approximate surface area is 85.7 Å². The van der Waals surface area contributed by atoms with Gasteiger partial charge in [0.2, 0.25) is 0 Å². The number of aryl methyl sites for hydroxylation is 2. The summed E-state index contributed by atoms with van der Waals surface area (Å²) in [7, 11) is 0. The number of halogens is 1. The first-order chi connectivity index (χ1) is 6.59. The first-order valence-corrected chi connectivity index (χ1v) is 4.62. The summed E-state index contributed by atoms with van der Waals surface area (Å²) < 4.78 is 0. The summed E-state index contributed by atoms with van der Waals surface area (Å²) in [5, 5.41) is 0.944. The van der Waals surface area contributed by atoms with E-state index in [9.17, 15) is 4.79 Å². The molecule has 0 spiro atoms. The third-order valence-electron chi connectivity index (χ3n) is 2.14. The molecule has 2 heterocycles. The van der Waals surface area contributed by atoms with Gasteiger partial charge in [-0.05, 0) is 19.9 Å². The van der Waals surface area contributed by atoms with Gasteiger partial charge in [0.05, 0.1) is 10.9 Å². The highest BCUT2D eigenvalue weighted by Crippen LogP contribution is 2.17. The van der Waals surface area contributed by atoms with E-state index in [1.165, 1.54) is 0 Å². The zero-order valence-electron chi connectivity index (χ0n) is 7.89. The molecule has 2 aromatic rings. The van der Waals surface area contributed by atoms with E-state index in [1.807, 2.05) is 6.92 Å². The quantitative estimate of drug-likeness (QED) is 0.675. The standard InChI is InChI=1S/C10H9ClN2O/c1-5-4-12-8-7(9(5)14)3-6(2)13-10(8)11/h3-4H,1-2H3,(H,12,14). The summed E-state index contributed by atoms with van der Waals surface area (Å²) in [4.78, 5) is 18.8. The van der Waals surface area contributed by atoms with E-state index in [0.717, 1.165) is 5.69 Å². The molecular weight excluding hydrogens is 200 g/mol. The smallest absolute Gasteiger partial charge is 0.192 e. The second-order valence-electron chi connectivity index (χ2n) is 3.28. The molecule has 1 N–H and O–H groups in total. The van der Waals surface area contributed by atoms with E-state index in [1.54, 1.807) is 19.2 Å². The van der Waals surface area contributed by atoms with Crippen LogP contribution in [0.25, 0.3) is 10.9 Å². The minimum absolute atomic E-state index is 0.00569. The number of pyridine rings is 2. The Morgan fingerprint density at radius 1 is 1.43 bits per heavy atom. The van der Waals surface area contributed by atoms with E-state index in [4.69, 9.17) is 11.6 Å². The molecule has 72 valence electrons. The largest absolute Gasteiger partial charge is 0.358 e. The molecule has 2 aromatic heterocycles. The molecule has 0 fully saturated rings. The lowest BCUT2D eigenvalue weighted by Gasteiger charge is -2.02. The molecule has 0 amide bonds. The fourth-order valence-corrected chi connectivity index (χ4v) is 1.70. The average Bonchev–Trinajstić information content (AvgIpc) is 2.12. The van der Waals surface area contributed by atoms with Gasteiger partial charge in [0.1, 0.15) is 0 Å². The lowest BCUT2D eigenvalue weighted by Crippen LogP contribution is -2.07. The van der Waals surface area contributed by atoms with Crippen LogP contribution in [-0.4, -0.2) is 9.97 Å². The average molecular weight is 209 g/mol. The normalized spacial score (nSPS) is 10.8. The maximum absolute atomic E-state index is 11.7. The lowest BCUT2D eigenvalue weighted by atomic mass is 10.2. The third-order valence-corrected chi connectivity index (χ3v) is 2.41. The molecule has 0 aliphatic heterocycles. The summed E-state index contributed by atoms with van der Waals surface area (Å²) in [6, 6.07) is 1.74. The van der Waals surface area contributed by atoms with Crippen LogP contribution in [0.1, 0.15) is 11.3 Å². The van der Waals surface area contributed by atoms with Crippen molar-refractivity contribution in [1.82, 2.24) is 9.97 Å². The molecule has 0 aliphatic rings. The number of nitrogens with one attached hydrogen (secondary N) is 1. The Kier molecular flexibility index (Phi) is 2.04. The van der Waals surface area contributed by atoms with Crippen molar-refractivity contribution in [2.75, 3.05) is 0 Å². The van der Waals surface area contributed by atoms with Crippen LogP contribution in [0.3, 0.4) is 0 Å². The zero-order valence-corrected chi connectivity index (χ0v) is 8.64. The fourth-order valence-electron chi connectivity index (χ4n) is 1.41. The van der Waals surface area contributed by atoms with Gasteiger partial charge in [0.15, 0.2) is 10.6 Å². The van der Waals surface area contributed by atoms with Gasteiger partial charge in [-0.2, -0.15) is 0 Å². The predicted molar refractivity (Wildman–Crippen MR) is 56.8 cm³/mol. The van der Waals surface area contributed by atoms with Gasteiger partial charge < -0.3 is 4.98 Å². The van der Waals surface area contributed by atoms with Gasteiger partial charge >= 0.3 is 0 Å². The maximum atomic E-state index is 11.7. The van der Waals surface area contributed by atoms with E-state index in [0.29, 0.717) is 21.6 Å². The van der Waals surface area contributed by atoms with Crippen molar-refractivity contribution in [3.8, 4) is 0 Å². The monoisotopic (exact) mass is 208 g/mol. The number of hydrogen-bond donors (Lipinski definition) is 1. The molecule has 0 radical (unpaired) electrons. The third kappa shape index (κ3) is 1.30. The number of aromatic amines is 1. The SMILES string of the molecule is Cc1cc2c(=O)c(C)c[nH]c2c(Cl)n1.